The highest BCUT2D eigenvalue weighted by atomic mass is 16.1. The molecule has 4 nitrogen and oxygen atoms in total. The molecule has 21 heavy (non-hydrogen) atoms. The van der Waals surface area contributed by atoms with E-state index in [9.17, 15) is 4.79 Å². The smallest absolute Gasteiger partial charge is 0.253 e. The summed E-state index contributed by atoms with van der Waals surface area (Å²) >= 11 is 0. The van der Waals surface area contributed by atoms with E-state index in [0.29, 0.717) is 11.5 Å². The van der Waals surface area contributed by atoms with Gasteiger partial charge >= 0.3 is 0 Å². The van der Waals surface area contributed by atoms with Gasteiger partial charge in [0, 0.05) is 38.1 Å². The summed E-state index contributed by atoms with van der Waals surface area (Å²) in [6.07, 6.45) is 3.51. The molecule has 0 radical (unpaired) electrons. The molecule has 0 saturated carbocycles. The van der Waals surface area contributed by atoms with E-state index in [1.807, 2.05) is 6.07 Å². The third-order valence-electron chi connectivity index (χ3n) is 4.11. The molecule has 0 spiro atoms. The summed E-state index contributed by atoms with van der Waals surface area (Å²) in [5, 5.41) is 3.15. The Bertz CT molecular complexity index is 579. The molecule has 1 aliphatic heterocycles. The molecular formula is C17H21N3O. The number of amides is 1. The van der Waals surface area contributed by atoms with Gasteiger partial charge in [-0.2, -0.15) is 0 Å². The van der Waals surface area contributed by atoms with Crippen molar-refractivity contribution in [2.45, 2.75) is 19.5 Å². The van der Waals surface area contributed by atoms with Gasteiger partial charge in [0.2, 0.25) is 0 Å². The molecule has 2 aromatic rings. The average molecular weight is 283 g/mol. The number of rotatable bonds is 4. The second-order valence-corrected chi connectivity index (χ2v) is 5.84. The minimum atomic E-state index is 0.00895. The van der Waals surface area contributed by atoms with Crippen LogP contribution in [0.25, 0.3) is 0 Å². The molecule has 3 rings (SSSR count). The van der Waals surface area contributed by atoms with Crippen molar-refractivity contribution in [2.24, 2.45) is 5.92 Å². The maximum Gasteiger partial charge on any atom is 0.253 e. The number of aromatic amines is 1. The lowest BCUT2D eigenvalue weighted by Gasteiger charge is -2.17. The fraction of sp³-hybridized carbons (Fsp3) is 0.353. The van der Waals surface area contributed by atoms with Gasteiger partial charge in [-0.3, -0.25) is 9.69 Å². The molecule has 1 fully saturated rings. The second-order valence-electron chi connectivity index (χ2n) is 5.84. The summed E-state index contributed by atoms with van der Waals surface area (Å²) < 4.78 is 0. The van der Waals surface area contributed by atoms with Crippen molar-refractivity contribution in [1.82, 2.24) is 15.2 Å². The summed E-state index contributed by atoms with van der Waals surface area (Å²) in [7, 11) is 0. The van der Waals surface area contributed by atoms with Gasteiger partial charge in [-0.15, -0.1) is 0 Å². The number of nitrogens with one attached hydrogen (secondary N) is 2. The first-order chi connectivity index (χ1) is 10.2. The zero-order valence-corrected chi connectivity index (χ0v) is 12.3. The Hall–Kier alpha value is -2.07. The molecule has 110 valence electrons. The fourth-order valence-electron chi connectivity index (χ4n) is 2.94. The Morgan fingerprint density at radius 1 is 1.29 bits per heavy atom. The molecule has 1 saturated heterocycles. The summed E-state index contributed by atoms with van der Waals surface area (Å²) in [6, 6.07) is 12.5. The normalized spacial score (nSPS) is 22.3. The molecule has 2 N–H and O–H groups in total. The largest absolute Gasteiger partial charge is 0.367 e. The van der Waals surface area contributed by atoms with Crippen LogP contribution in [0.4, 0.5) is 0 Å². The molecule has 0 aliphatic carbocycles. The van der Waals surface area contributed by atoms with Crippen molar-refractivity contribution in [1.29, 1.82) is 0 Å². The molecule has 2 unspecified atom stereocenters. The maximum absolute atomic E-state index is 12.1. The zero-order valence-electron chi connectivity index (χ0n) is 12.3. The highest BCUT2D eigenvalue weighted by Gasteiger charge is 2.30. The first kappa shape index (κ1) is 13.9. The van der Waals surface area contributed by atoms with Crippen LogP contribution in [0.2, 0.25) is 0 Å². The third kappa shape index (κ3) is 3.34. The predicted molar refractivity (Wildman–Crippen MR) is 82.9 cm³/mol. The quantitative estimate of drug-likeness (QED) is 0.904. The molecule has 2 heterocycles. The Balaban J connectivity index is 1.57. The highest BCUT2D eigenvalue weighted by Crippen LogP contribution is 2.19. The number of aromatic nitrogens is 1. The number of benzene rings is 1. The molecule has 1 aliphatic rings. The van der Waals surface area contributed by atoms with E-state index in [4.69, 9.17) is 0 Å². The molecule has 2 atom stereocenters. The number of carbonyl (C=O) groups excluding carboxylic acids is 1. The van der Waals surface area contributed by atoms with E-state index in [2.05, 4.69) is 46.4 Å². The minimum Gasteiger partial charge on any atom is -0.367 e. The van der Waals surface area contributed by atoms with Crippen molar-refractivity contribution in [3.8, 4) is 0 Å². The van der Waals surface area contributed by atoms with Crippen molar-refractivity contribution in [3.63, 3.8) is 0 Å². The van der Waals surface area contributed by atoms with Gasteiger partial charge < -0.3 is 10.3 Å². The number of hydrogen-bond donors (Lipinski definition) is 2. The lowest BCUT2D eigenvalue weighted by atomic mass is 10.1. The van der Waals surface area contributed by atoms with Gasteiger partial charge in [0.1, 0.15) is 0 Å². The third-order valence-corrected chi connectivity index (χ3v) is 4.11. The van der Waals surface area contributed by atoms with Gasteiger partial charge in [0.25, 0.3) is 5.91 Å². The van der Waals surface area contributed by atoms with E-state index < -0.39 is 0 Å². The standard InChI is InChI=1S/C17H21N3O/c1-13-10-20(11-14-5-3-2-4-6-14)12-16(13)19-17(21)15-7-8-18-9-15/h2-9,13,16,18H,10-12H2,1H3,(H,19,21). The Labute approximate surface area is 125 Å². The summed E-state index contributed by atoms with van der Waals surface area (Å²) in [6.45, 7) is 5.08. The predicted octanol–water partition coefficient (Wildman–Crippen LogP) is 2.27. The number of nitrogens with zero attached hydrogens (tertiary/aromatic N) is 1. The van der Waals surface area contributed by atoms with Crippen molar-refractivity contribution < 1.29 is 4.79 Å². The topological polar surface area (TPSA) is 48.1 Å². The van der Waals surface area contributed by atoms with Crippen LogP contribution in [0, 0.1) is 5.92 Å². The van der Waals surface area contributed by atoms with Gasteiger partial charge in [0.05, 0.1) is 5.56 Å². The van der Waals surface area contributed by atoms with E-state index in [-0.39, 0.29) is 11.9 Å². The number of likely N-dealkylation sites (tertiary alicyclic amines) is 1. The lowest BCUT2D eigenvalue weighted by molar-refractivity contribution is 0.0931. The van der Waals surface area contributed by atoms with E-state index in [1.165, 1.54) is 5.56 Å². The SMILES string of the molecule is CC1CN(Cc2ccccc2)CC1NC(=O)c1cc[nH]c1. The minimum absolute atomic E-state index is 0.00895. The number of hydrogen-bond acceptors (Lipinski definition) is 2. The number of carbonyl (C=O) groups is 1. The Morgan fingerprint density at radius 3 is 2.81 bits per heavy atom. The van der Waals surface area contributed by atoms with Crippen LogP contribution < -0.4 is 5.32 Å². The summed E-state index contributed by atoms with van der Waals surface area (Å²) in [5.74, 6) is 0.478. The fourth-order valence-corrected chi connectivity index (χ4v) is 2.94. The van der Waals surface area contributed by atoms with Crippen LogP contribution in [0.3, 0.4) is 0 Å². The van der Waals surface area contributed by atoms with Gasteiger partial charge in [0.15, 0.2) is 0 Å². The molecule has 4 heteroatoms. The van der Waals surface area contributed by atoms with Crippen LogP contribution in [0.15, 0.2) is 48.8 Å². The van der Waals surface area contributed by atoms with E-state index >= 15 is 0 Å². The van der Waals surface area contributed by atoms with Gasteiger partial charge in [-0.05, 0) is 17.5 Å². The molecular weight excluding hydrogens is 262 g/mol. The van der Waals surface area contributed by atoms with E-state index in [1.54, 1.807) is 18.5 Å². The van der Waals surface area contributed by atoms with Gasteiger partial charge in [-0.25, -0.2) is 0 Å². The summed E-state index contributed by atoms with van der Waals surface area (Å²) in [5.41, 5.74) is 2.02. The van der Waals surface area contributed by atoms with Gasteiger partial charge in [-0.1, -0.05) is 37.3 Å². The average Bonchev–Trinajstić information content (AvgIpc) is 3.11. The summed E-state index contributed by atoms with van der Waals surface area (Å²) in [4.78, 5) is 17.4. The van der Waals surface area contributed by atoms with Crippen LogP contribution in [0.1, 0.15) is 22.8 Å². The van der Waals surface area contributed by atoms with E-state index in [0.717, 1.165) is 19.6 Å². The second kappa shape index (κ2) is 6.14. The molecule has 1 aromatic carbocycles. The highest BCUT2D eigenvalue weighted by molar-refractivity contribution is 5.94. The van der Waals surface area contributed by atoms with Crippen molar-refractivity contribution in [2.75, 3.05) is 13.1 Å². The molecule has 1 amide bonds. The molecule has 0 bridgehead atoms. The zero-order chi connectivity index (χ0) is 14.7. The Morgan fingerprint density at radius 2 is 2.10 bits per heavy atom. The first-order valence-electron chi connectivity index (χ1n) is 7.42. The van der Waals surface area contributed by atoms with Crippen molar-refractivity contribution in [3.05, 3.63) is 59.9 Å². The van der Waals surface area contributed by atoms with Crippen LogP contribution in [-0.4, -0.2) is 34.9 Å². The molecule has 1 aromatic heterocycles. The maximum atomic E-state index is 12.1. The van der Waals surface area contributed by atoms with Crippen molar-refractivity contribution >= 4 is 5.91 Å². The Kier molecular flexibility index (Phi) is 4.06. The van der Waals surface area contributed by atoms with Crippen LogP contribution >= 0.6 is 0 Å². The van der Waals surface area contributed by atoms with Crippen LogP contribution in [-0.2, 0) is 6.54 Å². The first-order valence-corrected chi connectivity index (χ1v) is 7.42. The van der Waals surface area contributed by atoms with Crippen LogP contribution in [0.5, 0.6) is 0 Å². The lowest BCUT2D eigenvalue weighted by Crippen LogP contribution is -2.39. The number of H-pyrrole nitrogens is 1. The monoisotopic (exact) mass is 283 g/mol.